The van der Waals surface area contributed by atoms with Crippen LogP contribution in [0, 0.1) is 18.3 Å². The van der Waals surface area contributed by atoms with Crippen molar-refractivity contribution in [2.45, 2.75) is 12.6 Å². The first kappa shape index (κ1) is 13.9. The van der Waals surface area contributed by atoms with Crippen molar-refractivity contribution in [3.05, 3.63) is 28.2 Å². The molecule has 0 radical (unpaired) electrons. The Kier molecular flexibility index (Phi) is 3.59. The van der Waals surface area contributed by atoms with Crippen LogP contribution < -0.4 is 4.90 Å². The lowest BCUT2D eigenvalue weighted by atomic mass is 10.1. The number of nitrogens with zero attached hydrogens (tertiary/aromatic N) is 1. The Balaban J connectivity index is 2.40. The number of terminal acetylenes is 1. The average molecular weight is 332 g/mol. The van der Waals surface area contributed by atoms with E-state index >= 15 is 0 Å². The minimum Gasteiger partial charge on any atom is -0.310 e. The molecule has 1 aliphatic rings. The highest BCUT2D eigenvalue weighted by atomic mass is 79.9. The molecule has 1 fully saturated rings. The van der Waals surface area contributed by atoms with Gasteiger partial charge in [0.25, 0.3) is 0 Å². The fourth-order valence-electron chi connectivity index (χ4n) is 1.95. The second-order valence-electron chi connectivity index (χ2n) is 4.24. The summed E-state index contributed by atoms with van der Waals surface area (Å²) >= 11 is 3.16. The summed E-state index contributed by atoms with van der Waals surface area (Å²) in [5.74, 6) is 1.94. The second kappa shape index (κ2) is 4.89. The van der Waals surface area contributed by atoms with Gasteiger partial charge in [-0.1, -0.05) is 0 Å². The molecule has 0 saturated carbocycles. The highest BCUT2D eigenvalue weighted by Gasteiger charge is 2.34. The van der Waals surface area contributed by atoms with Crippen LogP contribution in [0.5, 0.6) is 0 Å². The van der Waals surface area contributed by atoms with Gasteiger partial charge >= 0.3 is 6.18 Å². The first-order valence-electron chi connectivity index (χ1n) is 5.46. The van der Waals surface area contributed by atoms with E-state index in [9.17, 15) is 18.0 Å². The molecule has 0 spiro atoms. The molecule has 1 atom stereocenters. The van der Waals surface area contributed by atoms with Crippen LogP contribution in [0.1, 0.15) is 12.0 Å². The number of halogens is 4. The Morgan fingerprint density at radius 1 is 1.42 bits per heavy atom. The smallest absolute Gasteiger partial charge is 0.310 e. The van der Waals surface area contributed by atoms with Crippen molar-refractivity contribution in [3.8, 4) is 12.3 Å². The molecule has 19 heavy (non-hydrogen) atoms. The van der Waals surface area contributed by atoms with Crippen LogP contribution in [0.3, 0.4) is 0 Å². The van der Waals surface area contributed by atoms with Crippen LogP contribution in [-0.2, 0) is 11.0 Å². The van der Waals surface area contributed by atoms with Gasteiger partial charge in [0.05, 0.1) is 11.3 Å². The number of anilines is 1. The van der Waals surface area contributed by atoms with E-state index < -0.39 is 11.7 Å². The predicted molar refractivity (Wildman–Crippen MR) is 68.4 cm³/mol. The number of amides is 1. The SMILES string of the molecule is C#CC1CC(=O)N(c2cc(C(F)(F)F)ccc2Br)C1. The number of hydrogen-bond acceptors (Lipinski definition) is 1. The number of benzene rings is 1. The quantitative estimate of drug-likeness (QED) is 0.722. The van der Waals surface area contributed by atoms with E-state index in [-0.39, 0.29) is 30.5 Å². The summed E-state index contributed by atoms with van der Waals surface area (Å²) in [5.41, 5.74) is -0.583. The topological polar surface area (TPSA) is 20.3 Å². The third-order valence-corrected chi connectivity index (χ3v) is 3.60. The van der Waals surface area contributed by atoms with Gasteiger partial charge in [0.15, 0.2) is 0 Å². The summed E-state index contributed by atoms with van der Waals surface area (Å²) in [6.07, 6.45) is 0.978. The number of carbonyl (C=O) groups excluding carboxylic acids is 1. The molecule has 2 nitrogen and oxygen atoms in total. The van der Waals surface area contributed by atoms with Crippen molar-refractivity contribution in [3.63, 3.8) is 0 Å². The van der Waals surface area contributed by atoms with E-state index in [0.717, 1.165) is 12.1 Å². The molecular formula is C13H9BrF3NO. The highest BCUT2D eigenvalue weighted by Crippen LogP contribution is 2.37. The Morgan fingerprint density at radius 2 is 2.11 bits per heavy atom. The van der Waals surface area contributed by atoms with E-state index in [1.807, 2.05) is 0 Å². The standard InChI is InChI=1S/C13H9BrF3NO/c1-2-8-5-12(19)18(7-8)11-6-9(13(15,16)17)3-4-10(11)14/h1,3-4,6,8H,5,7H2. The van der Waals surface area contributed by atoms with Gasteiger partial charge < -0.3 is 4.90 Å². The van der Waals surface area contributed by atoms with Gasteiger partial charge in [0.1, 0.15) is 0 Å². The number of carbonyl (C=O) groups is 1. The monoisotopic (exact) mass is 331 g/mol. The molecule has 1 unspecified atom stereocenters. The fraction of sp³-hybridized carbons (Fsp3) is 0.308. The summed E-state index contributed by atoms with van der Waals surface area (Å²) < 4.78 is 38.5. The molecule has 1 saturated heterocycles. The van der Waals surface area contributed by atoms with Crippen LogP contribution in [0.4, 0.5) is 18.9 Å². The van der Waals surface area contributed by atoms with E-state index in [0.29, 0.717) is 4.47 Å². The maximum Gasteiger partial charge on any atom is 0.416 e. The van der Waals surface area contributed by atoms with Crippen LogP contribution in [0.25, 0.3) is 0 Å². The molecule has 6 heteroatoms. The molecule has 0 N–H and O–H groups in total. The average Bonchev–Trinajstić information content (AvgIpc) is 2.69. The molecule has 0 aliphatic carbocycles. The van der Waals surface area contributed by atoms with E-state index in [2.05, 4.69) is 21.9 Å². The zero-order valence-electron chi connectivity index (χ0n) is 9.67. The van der Waals surface area contributed by atoms with Crippen molar-refractivity contribution in [2.75, 3.05) is 11.4 Å². The zero-order chi connectivity index (χ0) is 14.2. The Bertz CT molecular complexity index is 562. The molecule has 1 aromatic rings. The predicted octanol–water partition coefficient (Wildman–Crippen LogP) is 3.45. The van der Waals surface area contributed by atoms with E-state index in [1.54, 1.807) is 0 Å². The molecule has 1 amide bonds. The molecule has 1 heterocycles. The molecule has 0 aromatic heterocycles. The van der Waals surface area contributed by atoms with Gasteiger partial charge in [-0.3, -0.25) is 4.79 Å². The van der Waals surface area contributed by atoms with Gasteiger partial charge in [0, 0.05) is 23.4 Å². The van der Waals surface area contributed by atoms with Gasteiger partial charge in [-0.05, 0) is 34.1 Å². The van der Waals surface area contributed by atoms with Crippen molar-refractivity contribution >= 4 is 27.5 Å². The van der Waals surface area contributed by atoms with Crippen molar-refractivity contribution in [2.24, 2.45) is 5.92 Å². The molecule has 2 rings (SSSR count). The van der Waals surface area contributed by atoms with Gasteiger partial charge in [-0.25, -0.2) is 0 Å². The first-order chi connectivity index (χ1) is 8.82. The first-order valence-corrected chi connectivity index (χ1v) is 6.25. The van der Waals surface area contributed by atoms with Crippen LogP contribution in [0.15, 0.2) is 22.7 Å². The van der Waals surface area contributed by atoms with Crippen molar-refractivity contribution in [1.82, 2.24) is 0 Å². The number of hydrogen-bond donors (Lipinski definition) is 0. The lowest BCUT2D eigenvalue weighted by Crippen LogP contribution is -2.25. The maximum absolute atomic E-state index is 12.7. The van der Waals surface area contributed by atoms with Crippen molar-refractivity contribution in [1.29, 1.82) is 0 Å². The van der Waals surface area contributed by atoms with Crippen LogP contribution in [-0.4, -0.2) is 12.5 Å². The summed E-state index contributed by atoms with van der Waals surface area (Å²) in [5, 5.41) is 0. The molecular weight excluding hydrogens is 323 g/mol. The molecule has 100 valence electrons. The van der Waals surface area contributed by atoms with Gasteiger partial charge in [-0.2, -0.15) is 13.2 Å². The lowest BCUT2D eigenvalue weighted by Gasteiger charge is -2.19. The van der Waals surface area contributed by atoms with Crippen molar-refractivity contribution < 1.29 is 18.0 Å². The Labute approximate surface area is 116 Å². The minimum atomic E-state index is -4.44. The zero-order valence-corrected chi connectivity index (χ0v) is 11.3. The Hall–Kier alpha value is -1.48. The third kappa shape index (κ3) is 2.76. The second-order valence-corrected chi connectivity index (χ2v) is 5.09. The highest BCUT2D eigenvalue weighted by molar-refractivity contribution is 9.10. The number of rotatable bonds is 1. The number of alkyl halides is 3. The van der Waals surface area contributed by atoms with Gasteiger partial charge in [-0.15, -0.1) is 12.3 Å². The van der Waals surface area contributed by atoms with Crippen LogP contribution in [0.2, 0.25) is 0 Å². The molecule has 1 aromatic carbocycles. The summed E-state index contributed by atoms with van der Waals surface area (Å²) in [7, 11) is 0. The normalized spacial score (nSPS) is 19.6. The maximum atomic E-state index is 12.7. The summed E-state index contributed by atoms with van der Waals surface area (Å²) in [4.78, 5) is 13.1. The lowest BCUT2D eigenvalue weighted by molar-refractivity contribution is -0.137. The largest absolute Gasteiger partial charge is 0.416 e. The summed E-state index contributed by atoms with van der Waals surface area (Å²) in [6, 6.07) is 3.21. The minimum absolute atomic E-state index is 0.166. The third-order valence-electron chi connectivity index (χ3n) is 2.92. The van der Waals surface area contributed by atoms with Crippen LogP contribution >= 0.6 is 15.9 Å². The fourth-order valence-corrected chi connectivity index (χ4v) is 2.41. The molecule has 1 aliphatic heterocycles. The van der Waals surface area contributed by atoms with Gasteiger partial charge in [0.2, 0.25) is 5.91 Å². The Morgan fingerprint density at radius 3 is 2.63 bits per heavy atom. The van der Waals surface area contributed by atoms with E-state index in [4.69, 9.17) is 6.42 Å². The summed E-state index contributed by atoms with van der Waals surface area (Å²) in [6.45, 7) is 0.245. The van der Waals surface area contributed by atoms with E-state index in [1.165, 1.54) is 11.0 Å². The molecule has 0 bridgehead atoms.